The van der Waals surface area contributed by atoms with E-state index in [1.807, 2.05) is 36.4 Å². The number of nitrogens with one attached hydrogen (secondary N) is 1. The van der Waals surface area contributed by atoms with Crippen molar-refractivity contribution in [2.75, 3.05) is 37.4 Å². The molecule has 0 aliphatic carbocycles. The highest BCUT2D eigenvalue weighted by Crippen LogP contribution is 2.32. The minimum Gasteiger partial charge on any atom is -0.466 e. The molecule has 0 saturated heterocycles. The lowest BCUT2D eigenvalue weighted by Gasteiger charge is -2.20. The number of nitrogens with zero attached hydrogens (tertiary/aromatic N) is 1. The quantitative estimate of drug-likeness (QED) is 0.126. The molecule has 10 heteroatoms. The van der Waals surface area contributed by atoms with Gasteiger partial charge in [0.25, 0.3) is 0 Å². The summed E-state index contributed by atoms with van der Waals surface area (Å²) in [7, 11) is 0. The third-order valence-electron chi connectivity index (χ3n) is 5.57. The topological polar surface area (TPSA) is 93.9 Å². The van der Waals surface area contributed by atoms with Gasteiger partial charge in [-0.3, -0.25) is 9.69 Å². The molecule has 3 aromatic carbocycles. The first-order chi connectivity index (χ1) is 18.7. The van der Waals surface area contributed by atoms with E-state index in [-0.39, 0.29) is 19.2 Å². The smallest absolute Gasteiger partial charge is 0.338 e. The molecule has 0 saturated carbocycles. The Hall–Kier alpha value is -2.78. The molecule has 0 aliphatic rings. The second kappa shape index (κ2) is 17.0. The average molecular weight is 639 g/mol. The lowest BCUT2D eigenvalue weighted by Crippen LogP contribution is -2.23. The zero-order valence-electron chi connectivity index (χ0n) is 22.3. The summed E-state index contributed by atoms with van der Waals surface area (Å²) in [6, 6.07) is 18.6. The fourth-order valence-corrected chi connectivity index (χ4v) is 4.41. The number of nitrogen functional groups attached to an aromatic ring is 1. The van der Waals surface area contributed by atoms with Gasteiger partial charge in [0.05, 0.1) is 40.2 Å². The Balaban J connectivity index is 0.000000302. The van der Waals surface area contributed by atoms with Gasteiger partial charge < -0.3 is 20.5 Å². The van der Waals surface area contributed by atoms with Gasteiger partial charge in [0, 0.05) is 30.0 Å². The van der Waals surface area contributed by atoms with Crippen molar-refractivity contribution in [2.45, 2.75) is 33.7 Å². The number of nitrogens with two attached hydrogens (primary N) is 1. The maximum Gasteiger partial charge on any atom is 0.338 e. The van der Waals surface area contributed by atoms with Crippen molar-refractivity contribution in [3.05, 3.63) is 86.3 Å². The average Bonchev–Trinajstić information content (AvgIpc) is 2.92. The van der Waals surface area contributed by atoms with Crippen LogP contribution in [0.5, 0.6) is 0 Å². The molecule has 0 heterocycles. The Morgan fingerprint density at radius 2 is 1.56 bits per heavy atom. The van der Waals surface area contributed by atoms with E-state index in [0.29, 0.717) is 38.7 Å². The van der Waals surface area contributed by atoms with Crippen molar-refractivity contribution in [3.63, 3.8) is 0 Å². The van der Waals surface area contributed by atoms with Crippen molar-refractivity contribution >= 4 is 68.1 Å². The van der Waals surface area contributed by atoms with Gasteiger partial charge in [-0.25, -0.2) is 4.79 Å². The predicted octanol–water partition coefficient (Wildman–Crippen LogP) is 7.72. The number of ether oxygens (including phenoxy) is 2. The summed E-state index contributed by atoms with van der Waals surface area (Å²) in [6.07, 6.45) is 0.466. The van der Waals surface area contributed by atoms with Crippen LogP contribution in [-0.4, -0.2) is 43.1 Å². The van der Waals surface area contributed by atoms with Crippen molar-refractivity contribution in [2.24, 2.45) is 0 Å². The minimum absolute atomic E-state index is 0.194. The van der Waals surface area contributed by atoms with E-state index < -0.39 is 5.97 Å². The number of benzene rings is 3. The zero-order valence-corrected chi connectivity index (χ0v) is 25.4. The van der Waals surface area contributed by atoms with Gasteiger partial charge in [-0.05, 0) is 71.0 Å². The van der Waals surface area contributed by atoms with Gasteiger partial charge in [-0.2, -0.15) is 0 Å². The van der Waals surface area contributed by atoms with E-state index in [0.717, 1.165) is 30.0 Å². The van der Waals surface area contributed by atoms with Crippen LogP contribution in [0.4, 0.5) is 17.1 Å². The number of carbonyl (C=O) groups excluding carboxylic acids is 2. The monoisotopic (exact) mass is 637 g/mol. The number of anilines is 3. The third-order valence-corrected chi connectivity index (χ3v) is 6.86. The van der Waals surface area contributed by atoms with Crippen LogP contribution in [0.25, 0.3) is 0 Å². The number of para-hydroxylation sites is 2. The van der Waals surface area contributed by atoms with E-state index in [1.54, 1.807) is 24.3 Å². The summed E-state index contributed by atoms with van der Waals surface area (Å²) < 4.78 is 10.7. The Kier molecular flexibility index (Phi) is 14.2. The van der Waals surface area contributed by atoms with Crippen LogP contribution in [0.3, 0.4) is 0 Å². The summed E-state index contributed by atoms with van der Waals surface area (Å²) in [5.74, 6) is -0.760. The van der Waals surface area contributed by atoms with Crippen molar-refractivity contribution in [1.29, 1.82) is 0 Å². The molecule has 0 aromatic heterocycles. The largest absolute Gasteiger partial charge is 0.466 e. The SMILES string of the molecule is CCN(CC)Cc1cc(C(=O)OCCCOC(C)=O)cc(Br)c1N.Clc1cccc(Cl)c1Nc1ccccc1. The molecule has 3 N–H and O–H groups in total. The molecular weight excluding hydrogens is 605 g/mol. The number of halogens is 3. The summed E-state index contributed by atoms with van der Waals surface area (Å²) >= 11 is 15.5. The van der Waals surface area contributed by atoms with Gasteiger partial charge in [-0.1, -0.05) is 61.3 Å². The molecule has 0 radical (unpaired) electrons. The maximum atomic E-state index is 12.2. The maximum absolute atomic E-state index is 12.2. The highest BCUT2D eigenvalue weighted by Gasteiger charge is 2.15. The first-order valence-corrected chi connectivity index (χ1v) is 14.1. The van der Waals surface area contributed by atoms with E-state index in [2.05, 4.69) is 40.0 Å². The van der Waals surface area contributed by atoms with Gasteiger partial charge in [0.1, 0.15) is 0 Å². The van der Waals surface area contributed by atoms with Gasteiger partial charge in [-0.15, -0.1) is 0 Å². The van der Waals surface area contributed by atoms with Gasteiger partial charge >= 0.3 is 11.9 Å². The first kappa shape index (κ1) is 32.4. The van der Waals surface area contributed by atoms with E-state index >= 15 is 0 Å². The minimum atomic E-state index is -0.417. The van der Waals surface area contributed by atoms with Crippen LogP contribution in [-0.2, 0) is 20.8 Å². The fourth-order valence-electron chi connectivity index (χ4n) is 3.42. The Bertz CT molecular complexity index is 1200. The normalized spacial score (nSPS) is 10.4. The fraction of sp³-hybridized carbons (Fsp3) is 0.310. The number of carbonyl (C=O) groups is 2. The molecule has 0 atom stereocenters. The van der Waals surface area contributed by atoms with Crippen LogP contribution < -0.4 is 11.1 Å². The number of hydrogen-bond acceptors (Lipinski definition) is 7. The second-order valence-electron chi connectivity index (χ2n) is 8.41. The van der Waals surface area contributed by atoms with Crippen LogP contribution in [0, 0.1) is 0 Å². The predicted molar refractivity (Wildman–Crippen MR) is 163 cm³/mol. The summed E-state index contributed by atoms with van der Waals surface area (Å²) in [5.41, 5.74) is 9.78. The molecule has 0 spiro atoms. The molecule has 7 nitrogen and oxygen atoms in total. The summed E-state index contributed by atoms with van der Waals surface area (Å²) in [6.45, 7) is 8.41. The molecule has 210 valence electrons. The Morgan fingerprint density at radius 3 is 2.15 bits per heavy atom. The van der Waals surface area contributed by atoms with Crippen LogP contribution in [0.1, 0.15) is 43.1 Å². The summed E-state index contributed by atoms with van der Waals surface area (Å²) in [4.78, 5) is 25.0. The summed E-state index contributed by atoms with van der Waals surface area (Å²) in [5, 5.41) is 4.41. The molecule has 3 aromatic rings. The van der Waals surface area contributed by atoms with E-state index in [1.165, 1.54) is 6.92 Å². The van der Waals surface area contributed by atoms with E-state index in [9.17, 15) is 9.59 Å². The number of hydrogen-bond donors (Lipinski definition) is 2. The first-order valence-electron chi connectivity index (χ1n) is 12.5. The Morgan fingerprint density at radius 1 is 0.949 bits per heavy atom. The molecule has 0 aliphatic heterocycles. The molecule has 0 unspecified atom stereocenters. The Labute approximate surface area is 248 Å². The van der Waals surface area contributed by atoms with E-state index in [4.69, 9.17) is 38.4 Å². The number of esters is 2. The lowest BCUT2D eigenvalue weighted by atomic mass is 10.1. The molecule has 3 rings (SSSR count). The molecular formula is C29H34BrCl2N3O4. The van der Waals surface area contributed by atoms with Crippen LogP contribution in [0.2, 0.25) is 10.0 Å². The number of rotatable bonds is 11. The third kappa shape index (κ3) is 11.1. The lowest BCUT2D eigenvalue weighted by molar-refractivity contribution is -0.141. The highest BCUT2D eigenvalue weighted by atomic mass is 79.9. The molecule has 0 fully saturated rings. The molecule has 0 bridgehead atoms. The van der Waals surface area contributed by atoms with Crippen LogP contribution in [0.15, 0.2) is 65.1 Å². The van der Waals surface area contributed by atoms with Crippen molar-refractivity contribution in [1.82, 2.24) is 4.90 Å². The zero-order chi connectivity index (χ0) is 28.8. The molecule has 0 amide bonds. The standard InChI is InChI=1S/C17H25BrN2O4.C12H9Cl2N/c1-4-20(5-2)11-14-9-13(10-15(18)16(14)19)17(22)24-8-6-7-23-12(3)21;13-10-7-4-8-11(14)12(10)15-9-5-2-1-3-6-9/h9-10H,4-8,11,19H2,1-3H3;1-8,15H. The van der Waals surface area contributed by atoms with Gasteiger partial charge in [0.15, 0.2) is 0 Å². The van der Waals surface area contributed by atoms with Gasteiger partial charge in [0.2, 0.25) is 0 Å². The van der Waals surface area contributed by atoms with Crippen molar-refractivity contribution < 1.29 is 19.1 Å². The van der Waals surface area contributed by atoms with Crippen LogP contribution >= 0.6 is 39.1 Å². The molecule has 39 heavy (non-hydrogen) atoms. The highest BCUT2D eigenvalue weighted by molar-refractivity contribution is 9.10. The van der Waals surface area contributed by atoms with Crippen molar-refractivity contribution in [3.8, 4) is 0 Å². The second-order valence-corrected chi connectivity index (χ2v) is 10.1.